The van der Waals surface area contributed by atoms with Crippen molar-refractivity contribution in [3.63, 3.8) is 0 Å². The molecule has 6 aromatic carbocycles. The Kier molecular flexibility index (Phi) is 8.37. The van der Waals surface area contributed by atoms with Crippen LogP contribution in [-0.2, 0) is 5.41 Å². The second-order valence-corrected chi connectivity index (χ2v) is 14.7. The Morgan fingerprint density at radius 1 is 0.418 bits per heavy atom. The Hall–Kier alpha value is -6.64. The Bertz CT molecular complexity index is 2680. The summed E-state index contributed by atoms with van der Waals surface area (Å²) in [6.45, 7) is 0. The van der Waals surface area contributed by atoms with Crippen molar-refractivity contribution in [2.45, 2.75) is 31.1 Å². The van der Waals surface area contributed by atoms with Crippen LogP contribution in [-0.4, -0.2) is 9.97 Å². The summed E-state index contributed by atoms with van der Waals surface area (Å²) in [5.74, 6) is 0.742. The second-order valence-electron chi connectivity index (χ2n) is 14.7. The Balaban J connectivity index is 1.05. The van der Waals surface area contributed by atoms with Gasteiger partial charge in [-0.1, -0.05) is 182 Å². The van der Waals surface area contributed by atoms with Crippen LogP contribution in [0, 0.1) is 0 Å². The third-order valence-corrected chi connectivity index (χ3v) is 11.4. The van der Waals surface area contributed by atoms with Crippen molar-refractivity contribution >= 4 is 5.57 Å². The van der Waals surface area contributed by atoms with Crippen LogP contribution in [0.5, 0.6) is 0 Å². The second kappa shape index (κ2) is 14.0. The molecule has 10 rings (SSSR count). The van der Waals surface area contributed by atoms with E-state index in [9.17, 15) is 0 Å². The molecule has 2 nitrogen and oxygen atoms in total. The van der Waals surface area contributed by atoms with Gasteiger partial charge in [0.05, 0.1) is 16.8 Å². The van der Waals surface area contributed by atoms with Gasteiger partial charge in [0.2, 0.25) is 0 Å². The van der Waals surface area contributed by atoms with Crippen LogP contribution in [0.3, 0.4) is 0 Å². The first kappa shape index (κ1) is 33.0. The average Bonchev–Trinajstić information content (AvgIpc) is 3.59. The Morgan fingerprint density at radius 3 is 1.84 bits per heavy atom. The largest absolute Gasteiger partial charge is 0.228 e. The Labute approximate surface area is 323 Å². The van der Waals surface area contributed by atoms with Crippen LogP contribution >= 0.6 is 0 Å². The standard InChI is InChI=1S/C53H40N2/c1-5-17-39(18-6-1)49-36-50(55-52(54-49)40-19-7-2-8-20-40)42-22-15-21-41(35-42)37-31-33-38(34-32-37)45-28-16-30-48-51(45)46-27-13-14-29-47(46)53(48,43-23-9-3-10-24-43)44-25-11-4-12-26-44/h2-3,5,7-11,13-36H,1,4,6,12H2. The highest BCUT2D eigenvalue weighted by Gasteiger charge is 2.47. The molecule has 0 saturated heterocycles. The molecule has 0 fully saturated rings. The van der Waals surface area contributed by atoms with Gasteiger partial charge in [0, 0.05) is 11.1 Å². The van der Waals surface area contributed by atoms with Gasteiger partial charge in [-0.25, -0.2) is 9.97 Å². The zero-order chi connectivity index (χ0) is 36.6. The molecule has 0 aliphatic heterocycles. The summed E-state index contributed by atoms with van der Waals surface area (Å²) in [5.41, 5.74) is 17.6. The molecule has 262 valence electrons. The van der Waals surface area contributed by atoms with E-state index in [4.69, 9.17) is 9.97 Å². The van der Waals surface area contributed by atoms with Gasteiger partial charge in [0.15, 0.2) is 5.82 Å². The number of benzene rings is 6. The molecule has 2 heteroatoms. The number of hydrogen-bond acceptors (Lipinski definition) is 2. The first-order valence-electron chi connectivity index (χ1n) is 19.5. The van der Waals surface area contributed by atoms with Gasteiger partial charge in [-0.2, -0.15) is 0 Å². The quantitative estimate of drug-likeness (QED) is 0.165. The van der Waals surface area contributed by atoms with E-state index in [0.717, 1.165) is 65.2 Å². The maximum absolute atomic E-state index is 5.11. The number of nitrogens with zero attached hydrogens (tertiary/aromatic N) is 2. The van der Waals surface area contributed by atoms with E-state index in [0.29, 0.717) is 0 Å². The van der Waals surface area contributed by atoms with Crippen molar-refractivity contribution in [1.29, 1.82) is 0 Å². The lowest BCUT2D eigenvalue weighted by Crippen LogP contribution is -2.29. The minimum absolute atomic E-state index is 0.370. The molecule has 7 aromatic rings. The van der Waals surface area contributed by atoms with E-state index in [-0.39, 0.29) is 5.41 Å². The fourth-order valence-electron chi connectivity index (χ4n) is 8.90. The predicted molar refractivity (Wildman–Crippen MR) is 228 cm³/mol. The zero-order valence-corrected chi connectivity index (χ0v) is 30.7. The lowest BCUT2D eigenvalue weighted by Gasteiger charge is -2.35. The monoisotopic (exact) mass is 704 g/mol. The molecule has 0 spiro atoms. The molecule has 1 atom stereocenters. The summed E-state index contributed by atoms with van der Waals surface area (Å²) < 4.78 is 0. The van der Waals surface area contributed by atoms with Crippen molar-refractivity contribution in [3.8, 4) is 56.0 Å². The van der Waals surface area contributed by atoms with E-state index in [1.165, 1.54) is 50.1 Å². The van der Waals surface area contributed by atoms with E-state index < -0.39 is 0 Å². The van der Waals surface area contributed by atoms with Gasteiger partial charge in [-0.15, -0.1) is 0 Å². The molecule has 0 N–H and O–H groups in total. The maximum Gasteiger partial charge on any atom is 0.160 e. The molecular weight excluding hydrogens is 665 g/mol. The summed E-state index contributed by atoms with van der Waals surface area (Å²) in [6, 6.07) is 57.4. The van der Waals surface area contributed by atoms with Crippen LogP contribution in [0.2, 0.25) is 0 Å². The van der Waals surface area contributed by atoms with Crippen LogP contribution < -0.4 is 0 Å². The molecule has 3 aliphatic carbocycles. The molecule has 1 heterocycles. The van der Waals surface area contributed by atoms with Gasteiger partial charge in [-0.3, -0.25) is 0 Å². The van der Waals surface area contributed by atoms with E-state index >= 15 is 0 Å². The third-order valence-electron chi connectivity index (χ3n) is 11.4. The smallest absolute Gasteiger partial charge is 0.160 e. The van der Waals surface area contributed by atoms with Crippen molar-refractivity contribution in [1.82, 2.24) is 9.97 Å². The predicted octanol–water partition coefficient (Wildman–Crippen LogP) is 13.5. The van der Waals surface area contributed by atoms with Gasteiger partial charge >= 0.3 is 0 Å². The summed E-state index contributed by atoms with van der Waals surface area (Å²) in [7, 11) is 0. The van der Waals surface area contributed by atoms with Gasteiger partial charge in [0.1, 0.15) is 0 Å². The SMILES string of the molecule is C1=CC(c2cc(-c3cccc(-c4ccc(-c5cccc6c5-c5ccccc5C6(C5=CCCC=C5)c5ccccc5)cc4)c3)nc(-c3ccccc3)n2)=CCC1. The number of rotatable bonds is 7. The summed E-state index contributed by atoms with van der Waals surface area (Å²) in [4.78, 5) is 10.1. The van der Waals surface area contributed by atoms with Crippen molar-refractivity contribution in [2.75, 3.05) is 0 Å². The molecule has 0 amide bonds. The summed E-state index contributed by atoms with van der Waals surface area (Å²) in [6.07, 6.45) is 18.1. The highest BCUT2D eigenvalue weighted by Crippen LogP contribution is 2.59. The summed E-state index contributed by atoms with van der Waals surface area (Å²) >= 11 is 0. The minimum atomic E-state index is -0.370. The zero-order valence-electron chi connectivity index (χ0n) is 30.7. The first-order chi connectivity index (χ1) is 27.3. The highest BCUT2D eigenvalue weighted by molar-refractivity contribution is 5.96. The van der Waals surface area contributed by atoms with E-state index in [2.05, 4.69) is 176 Å². The first-order valence-corrected chi connectivity index (χ1v) is 19.5. The molecule has 0 radical (unpaired) electrons. The lowest BCUT2D eigenvalue weighted by atomic mass is 9.66. The number of aromatic nitrogens is 2. The van der Waals surface area contributed by atoms with Crippen LogP contribution in [0.25, 0.3) is 61.6 Å². The molecule has 1 unspecified atom stereocenters. The third kappa shape index (κ3) is 5.73. The van der Waals surface area contributed by atoms with Gasteiger partial charge in [0.25, 0.3) is 0 Å². The van der Waals surface area contributed by atoms with E-state index in [1.807, 2.05) is 18.2 Å². The molecule has 1 aromatic heterocycles. The Morgan fingerprint density at radius 2 is 1.05 bits per heavy atom. The molecule has 0 saturated carbocycles. The fourth-order valence-corrected chi connectivity index (χ4v) is 8.90. The normalized spacial score (nSPS) is 16.9. The lowest BCUT2D eigenvalue weighted by molar-refractivity contribution is 0.751. The molecular formula is C53H40N2. The molecule has 0 bridgehead atoms. The van der Waals surface area contributed by atoms with Gasteiger partial charge < -0.3 is 0 Å². The highest BCUT2D eigenvalue weighted by atomic mass is 14.9. The number of hydrogen-bond donors (Lipinski definition) is 0. The van der Waals surface area contributed by atoms with Crippen LogP contribution in [0.1, 0.15) is 48.1 Å². The van der Waals surface area contributed by atoms with Crippen LogP contribution in [0.4, 0.5) is 0 Å². The van der Waals surface area contributed by atoms with Crippen molar-refractivity contribution in [3.05, 3.63) is 222 Å². The fraction of sp³-hybridized carbons (Fsp3) is 0.0943. The minimum Gasteiger partial charge on any atom is -0.228 e. The van der Waals surface area contributed by atoms with Crippen molar-refractivity contribution in [2.24, 2.45) is 0 Å². The molecule has 3 aliphatic rings. The van der Waals surface area contributed by atoms with E-state index in [1.54, 1.807) is 0 Å². The number of allylic oxidation sites excluding steroid dienone is 8. The topological polar surface area (TPSA) is 25.8 Å². The number of fused-ring (bicyclic) bond motifs is 3. The van der Waals surface area contributed by atoms with Crippen molar-refractivity contribution < 1.29 is 0 Å². The average molecular weight is 705 g/mol. The maximum atomic E-state index is 5.11. The van der Waals surface area contributed by atoms with Gasteiger partial charge in [-0.05, 0) is 99.0 Å². The summed E-state index contributed by atoms with van der Waals surface area (Å²) in [5, 5.41) is 0. The van der Waals surface area contributed by atoms with Crippen LogP contribution in [0.15, 0.2) is 200 Å². The molecule has 55 heavy (non-hydrogen) atoms.